The topological polar surface area (TPSA) is 58.1 Å². The van der Waals surface area contributed by atoms with Crippen molar-refractivity contribution in [1.82, 2.24) is 10.6 Å². The Morgan fingerprint density at radius 1 is 1.10 bits per heavy atom. The number of nitrogens with zero attached hydrogens (tertiary/aromatic N) is 2. The van der Waals surface area contributed by atoms with Gasteiger partial charge in [-0.3, -0.25) is 4.99 Å². The minimum atomic E-state index is -0.0232. The predicted molar refractivity (Wildman–Crippen MR) is 135 cm³/mol. The van der Waals surface area contributed by atoms with E-state index in [1.54, 1.807) is 14.2 Å². The molecule has 2 aromatic carbocycles. The molecule has 2 unspecified atom stereocenters. The summed E-state index contributed by atoms with van der Waals surface area (Å²) < 4.78 is 11.3. The number of methoxy groups -OCH3 is 1. The number of aliphatic imine (C=N–C) groups is 1. The van der Waals surface area contributed by atoms with E-state index >= 15 is 0 Å². The van der Waals surface area contributed by atoms with Crippen molar-refractivity contribution < 1.29 is 9.47 Å². The van der Waals surface area contributed by atoms with Crippen molar-refractivity contribution in [3.63, 3.8) is 0 Å². The molecule has 1 aliphatic rings. The number of anilines is 1. The van der Waals surface area contributed by atoms with Crippen molar-refractivity contribution >= 4 is 35.6 Å². The molecule has 2 atom stereocenters. The number of benzene rings is 2. The molecule has 0 amide bonds. The van der Waals surface area contributed by atoms with E-state index in [1.807, 2.05) is 31.2 Å². The van der Waals surface area contributed by atoms with Crippen molar-refractivity contribution in [2.24, 2.45) is 10.9 Å². The molecule has 0 radical (unpaired) electrons. The largest absolute Gasteiger partial charge is 0.493 e. The van der Waals surface area contributed by atoms with E-state index in [-0.39, 0.29) is 30.1 Å². The van der Waals surface area contributed by atoms with Crippen LogP contribution in [0.15, 0.2) is 59.6 Å². The van der Waals surface area contributed by atoms with Crippen LogP contribution in [0.3, 0.4) is 0 Å². The minimum absolute atomic E-state index is 0. The normalized spacial score (nSPS) is 17.1. The van der Waals surface area contributed by atoms with Gasteiger partial charge in [0.15, 0.2) is 17.5 Å². The second-order valence-electron chi connectivity index (χ2n) is 7.35. The Labute approximate surface area is 197 Å². The van der Waals surface area contributed by atoms with Crippen molar-refractivity contribution in [3.05, 3.63) is 54.6 Å². The molecule has 164 valence electrons. The third-order valence-corrected chi connectivity index (χ3v) is 5.14. The lowest BCUT2D eigenvalue weighted by atomic mass is 10.1. The highest BCUT2D eigenvalue weighted by Gasteiger charge is 2.22. The van der Waals surface area contributed by atoms with Crippen LogP contribution >= 0.6 is 24.0 Å². The maximum absolute atomic E-state index is 6.00. The van der Waals surface area contributed by atoms with Crippen LogP contribution < -0.4 is 25.0 Å². The summed E-state index contributed by atoms with van der Waals surface area (Å²) in [6.45, 7) is 5.76. The number of hydrogen-bond donors (Lipinski definition) is 2. The first kappa shape index (κ1) is 24.1. The molecule has 1 heterocycles. The van der Waals surface area contributed by atoms with Gasteiger partial charge in [0.05, 0.1) is 13.7 Å². The lowest BCUT2D eigenvalue weighted by Gasteiger charge is -2.21. The van der Waals surface area contributed by atoms with Crippen LogP contribution in [0, 0.1) is 5.92 Å². The number of para-hydroxylation sites is 3. The molecule has 2 aromatic rings. The van der Waals surface area contributed by atoms with Crippen molar-refractivity contribution in [2.45, 2.75) is 19.4 Å². The van der Waals surface area contributed by atoms with Crippen LogP contribution in [0.1, 0.15) is 13.3 Å². The van der Waals surface area contributed by atoms with Gasteiger partial charge in [-0.15, -0.1) is 24.0 Å². The summed E-state index contributed by atoms with van der Waals surface area (Å²) in [5.74, 6) is 2.90. The average molecular weight is 524 g/mol. The maximum Gasteiger partial charge on any atom is 0.191 e. The molecule has 3 rings (SSSR count). The summed E-state index contributed by atoms with van der Waals surface area (Å²) in [5.41, 5.74) is 1.31. The molecular weight excluding hydrogens is 491 g/mol. The van der Waals surface area contributed by atoms with E-state index in [4.69, 9.17) is 9.47 Å². The Bertz CT molecular complexity index is 788. The van der Waals surface area contributed by atoms with E-state index in [0.717, 1.165) is 37.1 Å². The van der Waals surface area contributed by atoms with Crippen molar-refractivity contribution in [3.8, 4) is 11.5 Å². The molecule has 7 heteroatoms. The number of hydrogen-bond acceptors (Lipinski definition) is 4. The predicted octanol–water partition coefficient (Wildman–Crippen LogP) is 3.77. The van der Waals surface area contributed by atoms with E-state index in [0.29, 0.717) is 12.5 Å². The Kier molecular flexibility index (Phi) is 10.1. The van der Waals surface area contributed by atoms with E-state index < -0.39 is 0 Å². The second-order valence-corrected chi connectivity index (χ2v) is 7.35. The lowest BCUT2D eigenvalue weighted by Crippen LogP contribution is -2.43. The summed E-state index contributed by atoms with van der Waals surface area (Å²) in [5, 5.41) is 6.81. The van der Waals surface area contributed by atoms with Crippen molar-refractivity contribution in [2.75, 3.05) is 45.2 Å². The van der Waals surface area contributed by atoms with Crippen LogP contribution in [0.2, 0.25) is 0 Å². The number of rotatable bonds is 8. The fourth-order valence-electron chi connectivity index (χ4n) is 3.55. The number of ether oxygens (including phenoxy) is 2. The van der Waals surface area contributed by atoms with Gasteiger partial charge in [-0.1, -0.05) is 30.3 Å². The summed E-state index contributed by atoms with van der Waals surface area (Å²) >= 11 is 0. The summed E-state index contributed by atoms with van der Waals surface area (Å²) in [7, 11) is 3.45. The number of guanidine groups is 1. The molecule has 0 saturated carbocycles. The lowest BCUT2D eigenvalue weighted by molar-refractivity contribution is 0.213. The Morgan fingerprint density at radius 2 is 1.80 bits per heavy atom. The zero-order valence-electron chi connectivity index (χ0n) is 18.0. The van der Waals surface area contributed by atoms with Crippen LogP contribution in [0.5, 0.6) is 11.5 Å². The first-order valence-corrected chi connectivity index (χ1v) is 10.2. The molecule has 0 bridgehead atoms. The van der Waals surface area contributed by atoms with Gasteiger partial charge in [-0.2, -0.15) is 0 Å². The summed E-state index contributed by atoms with van der Waals surface area (Å²) in [6, 6.07) is 18.3. The fraction of sp³-hybridized carbons (Fsp3) is 0.435. The number of nitrogens with one attached hydrogen (secondary N) is 2. The monoisotopic (exact) mass is 524 g/mol. The zero-order chi connectivity index (χ0) is 20.5. The highest BCUT2D eigenvalue weighted by atomic mass is 127. The minimum Gasteiger partial charge on any atom is -0.493 e. The third kappa shape index (κ3) is 6.97. The van der Waals surface area contributed by atoms with Crippen LogP contribution in [0.4, 0.5) is 5.69 Å². The van der Waals surface area contributed by atoms with E-state index in [9.17, 15) is 0 Å². The molecule has 1 saturated heterocycles. The molecule has 0 aromatic heterocycles. The smallest absolute Gasteiger partial charge is 0.191 e. The molecular formula is C23H33IN4O2. The third-order valence-electron chi connectivity index (χ3n) is 5.14. The Morgan fingerprint density at radius 3 is 2.50 bits per heavy atom. The van der Waals surface area contributed by atoms with Gasteiger partial charge in [-0.05, 0) is 43.5 Å². The van der Waals surface area contributed by atoms with Crippen LogP contribution in [-0.4, -0.2) is 52.4 Å². The van der Waals surface area contributed by atoms with E-state index in [1.165, 1.54) is 12.1 Å². The van der Waals surface area contributed by atoms with Crippen LogP contribution in [-0.2, 0) is 0 Å². The molecule has 1 aliphatic heterocycles. The molecule has 2 N–H and O–H groups in total. The Hall–Kier alpha value is -2.16. The SMILES string of the molecule is CN=C(NCC1CCN(c2ccccc2)C1)NCC(C)Oc1ccccc1OC.I. The van der Waals surface area contributed by atoms with Gasteiger partial charge < -0.3 is 25.0 Å². The van der Waals surface area contributed by atoms with Gasteiger partial charge in [0.2, 0.25) is 0 Å². The highest BCUT2D eigenvalue weighted by molar-refractivity contribution is 14.0. The van der Waals surface area contributed by atoms with Gasteiger partial charge in [0.25, 0.3) is 0 Å². The van der Waals surface area contributed by atoms with Gasteiger partial charge in [-0.25, -0.2) is 0 Å². The summed E-state index contributed by atoms with van der Waals surface area (Å²) in [6.07, 6.45) is 1.16. The van der Waals surface area contributed by atoms with Gasteiger partial charge in [0.1, 0.15) is 6.10 Å². The fourth-order valence-corrected chi connectivity index (χ4v) is 3.55. The average Bonchev–Trinajstić information content (AvgIpc) is 3.24. The quantitative estimate of drug-likeness (QED) is 0.313. The molecule has 1 fully saturated rings. The van der Waals surface area contributed by atoms with Crippen LogP contribution in [0.25, 0.3) is 0 Å². The first-order chi connectivity index (χ1) is 14.2. The second kappa shape index (κ2) is 12.5. The molecule has 6 nitrogen and oxygen atoms in total. The highest BCUT2D eigenvalue weighted by Crippen LogP contribution is 2.26. The zero-order valence-corrected chi connectivity index (χ0v) is 20.3. The first-order valence-electron chi connectivity index (χ1n) is 10.2. The maximum atomic E-state index is 6.00. The van der Waals surface area contributed by atoms with Gasteiger partial charge >= 0.3 is 0 Å². The molecule has 0 spiro atoms. The van der Waals surface area contributed by atoms with Crippen molar-refractivity contribution in [1.29, 1.82) is 0 Å². The number of halogens is 1. The van der Waals surface area contributed by atoms with Gasteiger partial charge in [0, 0.05) is 32.4 Å². The Balaban J connectivity index is 0.00000320. The molecule has 0 aliphatic carbocycles. The molecule has 30 heavy (non-hydrogen) atoms. The standard InChI is InChI=1S/C23H32N4O2.HI/c1-18(29-22-12-8-7-11-21(22)28-3)15-25-23(24-2)26-16-19-13-14-27(17-19)20-9-5-4-6-10-20;/h4-12,18-19H,13-17H2,1-3H3,(H2,24,25,26);1H. The summed E-state index contributed by atoms with van der Waals surface area (Å²) in [4.78, 5) is 6.79. The van der Waals surface area contributed by atoms with E-state index in [2.05, 4.69) is 50.9 Å².